The highest BCUT2D eigenvalue weighted by molar-refractivity contribution is 7.62. The van der Waals surface area contributed by atoms with Crippen molar-refractivity contribution in [3.8, 4) is 0 Å². The molecule has 4 unspecified atom stereocenters. The summed E-state index contributed by atoms with van der Waals surface area (Å²) in [6.45, 7) is 20.4. The van der Waals surface area contributed by atoms with Crippen molar-refractivity contribution in [3.05, 3.63) is 50.6 Å². The van der Waals surface area contributed by atoms with Crippen LogP contribution in [0.4, 0.5) is 0 Å². The SMILES string of the molecule is C=CC(C)OP(=O)(OC(C)C=C)OP(=O)(OC(C)C=C)OC(C)C=C. The molecule has 9 heteroatoms. The summed E-state index contributed by atoms with van der Waals surface area (Å²) in [6.07, 6.45) is 2.70. The van der Waals surface area contributed by atoms with Crippen LogP contribution in [0.15, 0.2) is 50.6 Å². The van der Waals surface area contributed by atoms with Gasteiger partial charge in [0, 0.05) is 0 Å². The first-order valence-electron chi connectivity index (χ1n) is 7.68. The Balaban J connectivity index is 5.68. The lowest BCUT2D eigenvalue weighted by molar-refractivity contribution is 0.0786. The van der Waals surface area contributed by atoms with E-state index in [1.54, 1.807) is 27.7 Å². The molecule has 0 N–H and O–H groups in total. The molecule has 0 saturated carbocycles. The van der Waals surface area contributed by atoms with Crippen molar-refractivity contribution < 1.29 is 31.5 Å². The van der Waals surface area contributed by atoms with E-state index in [1.165, 1.54) is 24.3 Å². The van der Waals surface area contributed by atoms with Crippen molar-refractivity contribution in [3.63, 3.8) is 0 Å². The summed E-state index contributed by atoms with van der Waals surface area (Å²) < 4.78 is 52.1. The van der Waals surface area contributed by atoms with Crippen LogP contribution in [0.2, 0.25) is 0 Å². The maximum absolute atomic E-state index is 13.0. The minimum atomic E-state index is -4.34. The van der Waals surface area contributed by atoms with Crippen molar-refractivity contribution in [1.82, 2.24) is 0 Å². The third-order valence-electron chi connectivity index (χ3n) is 2.71. The molecule has 0 fully saturated rings. The Labute approximate surface area is 150 Å². The molecule has 144 valence electrons. The van der Waals surface area contributed by atoms with E-state index in [0.717, 1.165) is 0 Å². The molecule has 25 heavy (non-hydrogen) atoms. The van der Waals surface area contributed by atoms with Crippen LogP contribution in [0.5, 0.6) is 0 Å². The van der Waals surface area contributed by atoms with Crippen molar-refractivity contribution in [2.24, 2.45) is 0 Å². The van der Waals surface area contributed by atoms with Crippen molar-refractivity contribution >= 4 is 15.6 Å². The van der Waals surface area contributed by atoms with Gasteiger partial charge in [-0.3, -0.25) is 18.1 Å². The molecule has 0 aliphatic heterocycles. The van der Waals surface area contributed by atoms with E-state index >= 15 is 0 Å². The van der Waals surface area contributed by atoms with E-state index in [2.05, 4.69) is 26.3 Å². The Hall–Kier alpha value is -0.780. The molecule has 7 nitrogen and oxygen atoms in total. The molecule has 0 aromatic carbocycles. The van der Waals surface area contributed by atoms with Crippen molar-refractivity contribution in [1.29, 1.82) is 0 Å². The first kappa shape index (κ1) is 24.2. The van der Waals surface area contributed by atoms with E-state index < -0.39 is 40.1 Å². The fourth-order valence-corrected chi connectivity index (χ4v) is 4.90. The van der Waals surface area contributed by atoms with Gasteiger partial charge in [-0.15, -0.1) is 26.3 Å². The second-order valence-electron chi connectivity index (χ2n) is 5.16. The number of hydrogen-bond donors (Lipinski definition) is 0. The average molecular weight is 394 g/mol. The number of phosphoric ester groups is 2. The lowest BCUT2D eigenvalue weighted by atomic mass is 10.4. The summed E-state index contributed by atoms with van der Waals surface area (Å²) in [7, 11) is -8.69. The molecule has 0 aliphatic rings. The molecule has 0 aliphatic carbocycles. The zero-order chi connectivity index (χ0) is 19.7. The number of rotatable bonds is 14. The molecule has 0 heterocycles. The molecular weight excluding hydrogens is 366 g/mol. The van der Waals surface area contributed by atoms with Gasteiger partial charge in [-0.05, 0) is 27.7 Å². The van der Waals surface area contributed by atoms with Crippen LogP contribution in [0.25, 0.3) is 0 Å². The summed E-state index contributed by atoms with van der Waals surface area (Å²) in [5.41, 5.74) is 0. The van der Waals surface area contributed by atoms with Gasteiger partial charge in [0.2, 0.25) is 0 Å². The lowest BCUT2D eigenvalue weighted by Crippen LogP contribution is -2.15. The van der Waals surface area contributed by atoms with Gasteiger partial charge < -0.3 is 0 Å². The van der Waals surface area contributed by atoms with Crippen LogP contribution in [0.3, 0.4) is 0 Å². The molecule has 4 atom stereocenters. The van der Waals surface area contributed by atoms with Crippen molar-refractivity contribution in [2.45, 2.75) is 52.1 Å². The molecular formula is C16H28O7P2. The fourth-order valence-electron chi connectivity index (χ4n) is 1.24. The van der Waals surface area contributed by atoms with Crippen LogP contribution in [0, 0.1) is 0 Å². The summed E-state index contributed by atoms with van der Waals surface area (Å²) in [5, 5.41) is 0. The molecule has 0 amide bonds. The first-order chi connectivity index (χ1) is 11.5. The minimum Gasteiger partial charge on any atom is -0.279 e. The highest BCUT2D eigenvalue weighted by Gasteiger charge is 2.43. The molecule has 0 aromatic heterocycles. The first-order valence-corrected chi connectivity index (χ1v) is 10.6. The van der Waals surface area contributed by atoms with Gasteiger partial charge in [0.25, 0.3) is 0 Å². The van der Waals surface area contributed by atoms with Crippen LogP contribution in [0.1, 0.15) is 27.7 Å². The Morgan fingerprint density at radius 1 is 0.600 bits per heavy atom. The van der Waals surface area contributed by atoms with Crippen molar-refractivity contribution in [2.75, 3.05) is 0 Å². The van der Waals surface area contributed by atoms with E-state index in [9.17, 15) is 9.13 Å². The van der Waals surface area contributed by atoms with Gasteiger partial charge in [0.1, 0.15) is 0 Å². The predicted octanol–water partition coefficient (Wildman–Crippen LogP) is 5.58. The van der Waals surface area contributed by atoms with Crippen LogP contribution in [-0.2, 0) is 31.5 Å². The Bertz CT molecular complexity index is 473. The maximum Gasteiger partial charge on any atom is 0.484 e. The Morgan fingerprint density at radius 2 is 0.800 bits per heavy atom. The quantitative estimate of drug-likeness (QED) is 0.281. The summed E-state index contributed by atoms with van der Waals surface area (Å²) in [4.78, 5) is 0. The van der Waals surface area contributed by atoms with Gasteiger partial charge in [-0.1, -0.05) is 24.3 Å². The number of hydrogen-bond acceptors (Lipinski definition) is 7. The third kappa shape index (κ3) is 9.47. The fraction of sp³-hybridized carbons (Fsp3) is 0.500. The zero-order valence-corrected chi connectivity index (χ0v) is 17.0. The predicted molar refractivity (Wildman–Crippen MR) is 99.3 cm³/mol. The van der Waals surface area contributed by atoms with Gasteiger partial charge in [0.15, 0.2) is 0 Å². The second kappa shape index (κ2) is 11.0. The summed E-state index contributed by atoms with van der Waals surface area (Å²) in [5.74, 6) is 0. The highest BCUT2D eigenvalue weighted by atomic mass is 31.3. The van der Waals surface area contributed by atoms with Crippen LogP contribution >= 0.6 is 15.6 Å². The standard InChI is InChI=1S/C16H28O7P2/c1-9-13(5)19-24(17,20-14(6)10-2)23-25(18,21-15(7)11-3)22-16(8)12-4/h9-16H,1-4H2,5-8H3. The molecule has 0 rings (SSSR count). The summed E-state index contributed by atoms with van der Waals surface area (Å²) >= 11 is 0. The molecule has 0 saturated heterocycles. The molecule has 0 spiro atoms. The molecule has 0 bridgehead atoms. The van der Waals surface area contributed by atoms with E-state index in [1.807, 2.05) is 0 Å². The van der Waals surface area contributed by atoms with Gasteiger partial charge >= 0.3 is 15.6 Å². The molecule has 0 aromatic rings. The monoisotopic (exact) mass is 394 g/mol. The smallest absolute Gasteiger partial charge is 0.279 e. The lowest BCUT2D eigenvalue weighted by Gasteiger charge is -2.27. The Kier molecular flexibility index (Phi) is 10.7. The average Bonchev–Trinajstić information content (AvgIpc) is 2.52. The highest BCUT2D eigenvalue weighted by Crippen LogP contribution is 2.67. The molecule has 0 radical (unpaired) electrons. The second-order valence-corrected chi connectivity index (χ2v) is 8.45. The van der Waals surface area contributed by atoms with Gasteiger partial charge in [-0.25, -0.2) is 9.13 Å². The third-order valence-corrected chi connectivity index (χ3v) is 6.67. The minimum absolute atomic E-state index is 0.704. The van der Waals surface area contributed by atoms with E-state index in [-0.39, 0.29) is 0 Å². The van der Waals surface area contributed by atoms with E-state index in [0.29, 0.717) is 0 Å². The normalized spacial score (nSPS) is 21.0. The van der Waals surface area contributed by atoms with E-state index in [4.69, 9.17) is 22.4 Å². The van der Waals surface area contributed by atoms with Crippen LogP contribution in [-0.4, -0.2) is 24.4 Å². The topological polar surface area (TPSA) is 80.3 Å². The zero-order valence-electron chi connectivity index (χ0n) is 15.2. The largest absolute Gasteiger partial charge is 0.484 e. The summed E-state index contributed by atoms with van der Waals surface area (Å²) in [6, 6.07) is 0. The number of phosphoric acid groups is 2. The Morgan fingerprint density at radius 3 is 0.960 bits per heavy atom. The maximum atomic E-state index is 13.0. The van der Waals surface area contributed by atoms with Crippen LogP contribution < -0.4 is 0 Å². The van der Waals surface area contributed by atoms with Gasteiger partial charge in [-0.2, -0.15) is 4.31 Å². The van der Waals surface area contributed by atoms with Gasteiger partial charge in [0.05, 0.1) is 24.4 Å².